The Hall–Kier alpha value is -3.41. The summed E-state index contributed by atoms with van der Waals surface area (Å²) in [6.45, 7) is 4.07. The fourth-order valence-corrected chi connectivity index (χ4v) is 2.79. The average molecular weight is 335 g/mol. The molecule has 0 saturated heterocycles. The Bertz CT molecular complexity index is 860. The van der Waals surface area contributed by atoms with Crippen LogP contribution in [0.25, 0.3) is 6.08 Å². The van der Waals surface area contributed by atoms with Gasteiger partial charge in [-0.15, -0.1) is 6.58 Å². The lowest BCUT2D eigenvalue weighted by molar-refractivity contribution is -0.385. The molecule has 1 amide bonds. The number of amides is 1. The number of rotatable bonds is 5. The topological polar surface area (TPSA) is 75.5 Å². The first kappa shape index (κ1) is 16.4. The van der Waals surface area contributed by atoms with E-state index in [-0.39, 0.29) is 11.6 Å². The van der Waals surface area contributed by atoms with Gasteiger partial charge in [-0.05, 0) is 30.4 Å². The van der Waals surface area contributed by atoms with Crippen LogP contribution in [0.2, 0.25) is 0 Å². The molecule has 1 heterocycles. The first-order chi connectivity index (χ1) is 12.1. The summed E-state index contributed by atoms with van der Waals surface area (Å²) >= 11 is 0. The zero-order valence-electron chi connectivity index (χ0n) is 13.5. The molecule has 0 saturated carbocycles. The van der Waals surface area contributed by atoms with E-state index in [1.165, 1.54) is 6.07 Å². The Balaban J connectivity index is 1.94. The number of nitro groups is 1. The Kier molecular flexibility index (Phi) is 4.61. The summed E-state index contributed by atoms with van der Waals surface area (Å²) in [7, 11) is 0. The molecule has 1 unspecified atom stereocenters. The van der Waals surface area contributed by atoms with Crippen LogP contribution in [-0.2, 0) is 0 Å². The van der Waals surface area contributed by atoms with Crippen LogP contribution < -0.4 is 5.32 Å². The first-order valence-corrected chi connectivity index (χ1v) is 7.81. The number of carbonyl (C=O) groups excluding carboxylic acids is 1. The Morgan fingerprint density at radius 3 is 2.68 bits per heavy atom. The van der Waals surface area contributed by atoms with Crippen molar-refractivity contribution in [2.45, 2.75) is 6.17 Å². The molecule has 1 aliphatic rings. The quantitative estimate of drug-likeness (QED) is 0.514. The number of carbonyl (C=O) groups is 1. The fraction of sp³-hybridized carbons (Fsp3) is 0.105. The number of fused-ring (bicyclic) bond motifs is 1. The van der Waals surface area contributed by atoms with Crippen molar-refractivity contribution in [1.29, 1.82) is 0 Å². The van der Waals surface area contributed by atoms with Crippen molar-refractivity contribution >= 4 is 23.4 Å². The lowest BCUT2D eigenvalue weighted by Gasteiger charge is -2.35. The van der Waals surface area contributed by atoms with Crippen molar-refractivity contribution < 1.29 is 9.72 Å². The Morgan fingerprint density at radius 2 is 1.92 bits per heavy atom. The van der Waals surface area contributed by atoms with E-state index < -0.39 is 11.1 Å². The van der Waals surface area contributed by atoms with Crippen LogP contribution in [0.5, 0.6) is 0 Å². The van der Waals surface area contributed by atoms with Crippen molar-refractivity contribution in [2.75, 3.05) is 11.9 Å². The molecule has 0 radical (unpaired) electrons. The Morgan fingerprint density at radius 1 is 1.20 bits per heavy atom. The minimum Gasteiger partial charge on any atom is -0.361 e. The number of para-hydroxylation sites is 2. The van der Waals surface area contributed by atoms with Crippen molar-refractivity contribution in [1.82, 2.24) is 4.90 Å². The second kappa shape index (κ2) is 7.00. The van der Waals surface area contributed by atoms with Crippen molar-refractivity contribution in [3.63, 3.8) is 0 Å². The van der Waals surface area contributed by atoms with E-state index in [1.807, 2.05) is 18.2 Å². The zero-order valence-corrected chi connectivity index (χ0v) is 13.5. The highest BCUT2D eigenvalue weighted by Crippen LogP contribution is 2.26. The van der Waals surface area contributed by atoms with Crippen molar-refractivity contribution in [2.24, 2.45) is 0 Å². The van der Waals surface area contributed by atoms with Crippen LogP contribution in [0.3, 0.4) is 0 Å². The molecule has 25 heavy (non-hydrogen) atoms. The van der Waals surface area contributed by atoms with Gasteiger partial charge >= 0.3 is 0 Å². The molecule has 0 spiro atoms. The molecule has 126 valence electrons. The summed E-state index contributed by atoms with van der Waals surface area (Å²) < 4.78 is 0. The van der Waals surface area contributed by atoms with E-state index in [4.69, 9.17) is 0 Å². The van der Waals surface area contributed by atoms with E-state index in [0.717, 1.165) is 5.69 Å². The van der Waals surface area contributed by atoms with Crippen LogP contribution in [0, 0.1) is 10.1 Å². The van der Waals surface area contributed by atoms with Crippen LogP contribution in [0.1, 0.15) is 15.9 Å². The summed E-state index contributed by atoms with van der Waals surface area (Å²) in [6.07, 6.45) is 4.65. The van der Waals surface area contributed by atoms with Crippen LogP contribution in [-0.4, -0.2) is 28.4 Å². The third kappa shape index (κ3) is 3.28. The molecule has 2 aromatic carbocycles. The normalized spacial score (nSPS) is 16.4. The highest BCUT2D eigenvalue weighted by molar-refractivity contribution is 6.02. The van der Waals surface area contributed by atoms with Gasteiger partial charge in [0.2, 0.25) is 0 Å². The SMILES string of the molecule is C=CCN1C(=O)c2ccccc2NC1/C=C/c1ccccc1[N+](=O)[O-]. The third-order valence-corrected chi connectivity index (χ3v) is 3.97. The molecule has 3 rings (SSSR count). The van der Waals surface area contributed by atoms with Crippen LogP contribution in [0.15, 0.2) is 67.3 Å². The van der Waals surface area contributed by atoms with Gasteiger partial charge in [-0.2, -0.15) is 0 Å². The molecular formula is C19H17N3O3. The molecule has 1 N–H and O–H groups in total. The third-order valence-electron chi connectivity index (χ3n) is 3.97. The molecule has 0 aromatic heterocycles. The maximum absolute atomic E-state index is 12.7. The van der Waals surface area contributed by atoms with Gasteiger partial charge in [-0.3, -0.25) is 14.9 Å². The molecule has 1 atom stereocenters. The summed E-state index contributed by atoms with van der Waals surface area (Å²) in [5.74, 6) is -0.105. The molecule has 6 heteroatoms. The lowest BCUT2D eigenvalue weighted by Crippen LogP contribution is -2.47. The van der Waals surface area contributed by atoms with Gasteiger partial charge < -0.3 is 10.2 Å². The number of nitrogens with one attached hydrogen (secondary N) is 1. The second-order valence-electron chi connectivity index (χ2n) is 5.56. The number of hydrogen-bond donors (Lipinski definition) is 1. The average Bonchev–Trinajstić information content (AvgIpc) is 2.63. The summed E-state index contributed by atoms with van der Waals surface area (Å²) in [6, 6.07) is 13.8. The second-order valence-corrected chi connectivity index (χ2v) is 5.56. The van der Waals surface area contributed by atoms with Crippen LogP contribution in [0.4, 0.5) is 11.4 Å². The summed E-state index contributed by atoms with van der Waals surface area (Å²) in [5, 5.41) is 14.4. The number of nitrogens with zero attached hydrogens (tertiary/aromatic N) is 2. The van der Waals surface area contributed by atoms with E-state index in [0.29, 0.717) is 17.7 Å². The van der Waals surface area contributed by atoms with Gasteiger partial charge in [0, 0.05) is 18.3 Å². The van der Waals surface area contributed by atoms with Gasteiger partial charge in [0.25, 0.3) is 11.6 Å². The smallest absolute Gasteiger partial charge is 0.276 e. The standard InChI is InChI=1S/C19H17N3O3/c1-2-13-21-18(20-16-9-5-4-8-15(16)19(21)23)12-11-14-7-3-6-10-17(14)22(24)25/h2-12,18,20H,1,13H2/b12-11+. The molecule has 0 fully saturated rings. The largest absolute Gasteiger partial charge is 0.361 e. The zero-order chi connectivity index (χ0) is 17.8. The molecular weight excluding hydrogens is 318 g/mol. The van der Waals surface area contributed by atoms with Gasteiger partial charge in [-0.25, -0.2) is 0 Å². The van der Waals surface area contributed by atoms with E-state index >= 15 is 0 Å². The highest BCUT2D eigenvalue weighted by atomic mass is 16.6. The number of nitro benzene ring substituents is 1. The summed E-state index contributed by atoms with van der Waals surface area (Å²) in [5.41, 5.74) is 1.85. The monoisotopic (exact) mass is 335 g/mol. The lowest BCUT2D eigenvalue weighted by atomic mass is 10.1. The molecule has 1 aliphatic heterocycles. The molecule has 2 aromatic rings. The Labute approximate surface area is 145 Å². The maximum atomic E-state index is 12.7. The summed E-state index contributed by atoms with van der Waals surface area (Å²) in [4.78, 5) is 25.0. The molecule has 0 bridgehead atoms. The minimum atomic E-state index is -0.421. The predicted molar refractivity (Wildman–Crippen MR) is 97.2 cm³/mol. The first-order valence-electron chi connectivity index (χ1n) is 7.81. The van der Waals surface area contributed by atoms with Gasteiger partial charge in [-0.1, -0.05) is 30.3 Å². The van der Waals surface area contributed by atoms with E-state index in [1.54, 1.807) is 47.4 Å². The highest BCUT2D eigenvalue weighted by Gasteiger charge is 2.29. The van der Waals surface area contributed by atoms with Crippen molar-refractivity contribution in [3.8, 4) is 0 Å². The van der Waals surface area contributed by atoms with E-state index in [2.05, 4.69) is 11.9 Å². The molecule has 0 aliphatic carbocycles. The molecule has 6 nitrogen and oxygen atoms in total. The number of anilines is 1. The van der Waals surface area contributed by atoms with Crippen molar-refractivity contribution in [3.05, 3.63) is 88.5 Å². The van der Waals surface area contributed by atoms with Crippen LogP contribution >= 0.6 is 0 Å². The predicted octanol–water partition coefficient (Wildman–Crippen LogP) is 3.69. The fourth-order valence-electron chi connectivity index (χ4n) is 2.79. The van der Waals surface area contributed by atoms with Gasteiger partial charge in [0.05, 0.1) is 16.1 Å². The van der Waals surface area contributed by atoms with E-state index in [9.17, 15) is 14.9 Å². The van der Waals surface area contributed by atoms with Gasteiger partial charge in [0.15, 0.2) is 0 Å². The number of hydrogen-bond acceptors (Lipinski definition) is 4. The maximum Gasteiger partial charge on any atom is 0.276 e. The number of benzene rings is 2. The van der Waals surface area contributed by atoms with Gasteiger partial charge in [0.1, 0.15) is 6.17 Å². The minimum absolute atomic E-state index is 0.0246.